The molecular formula is C20H16BrFN6O3. The van der Waals surface area contributed by atoms with Crippen molar-refractivity contribution in [3.05, 3.63) is 82.2 Å². The fourth-order valence-electron chi connectivity index (χ4n) is 2.40. The molecule has 2 aromatic carbocycles. The molecule has 1 heterocycles. The Bertz CT molecular complexity index is 1160. The topological polar surface area (TPSA) is 136 Å². The van der Waals surface area contributed by atoms with Crippen molar-refractivity contribution in [3.63, 3.8) is 0 Å². The second-order valence-electron chi connectivity index (χ2n) is 6.13. The maximum atomic E-state index is 13.4. The average Bonchev–Trinajstić information content (AvgIpc) is 3.23. The number of aliphatic imine (C=N–C) groups is 1. The second kappa shape index (κ2) is 9.76. The van der Waals surface area contributed by atoms with Gasteiger partial charge in [-0.1, -0.05) is 18.7 Å². The number of carbonyl (C=O) groups excluding carboxylic acids is 2. The van der Waals surface area contributed by atoms with Crippen LogP contribution in [0.15, 0.2) is 69.2 Å². The summed E-state index contributed by atoms with van der Waals surface area (Å²) in [5, 5.41) is 12.5. The molecule has 0 radical (unpaired) electrons. The van der Waals surface area contributed by atoms with Crippen LogP contribution in [0, 0.1) is 5.82 Å². The van der Waals surface area contributed by atoms with Crippen molar-refractivity contribution in [3.8, 4) is 0 Å². The first-order valence-corrected chi connectivity index (χ1v) is 9.59. The molecule has 0 aliphatic rings. The van der Waals surface area contributed by atoms with Crippen LogP contribution in [-0.4, -0.2) is 28.0 Å². The number of halogens is 2. The Morgan fingerprint density at radius 1 is 1.23 bits per heavy atom. The van der Waals surface area contributed by atoms with Gasteiger partial charge in [0.05, 0.1) is 10.2 Å². The number of aromatic nitrogens is 2. The van der Waals surface area contributed by atoms with E-state index in [1.807, 2.05) is 0 Å². The third-order valence-corrected chi connectivity index (χ3v) is 4.59. The Hall–Kier alpha value is -3.86. The lowest BCUT2D eigenvalue weighted by molar-refractivity contribution is -0.116. The van der Waals surface area contributed by atoms with E-state index in [0.29, 0.717) is 17.8 Å². The van der Waals surface area contributed by atoms with Crippen molar-refractivity contribution in [2.45, 2.75) is 6.54 Å². The second-order valence-corrected chi connectivity index (χ2v) is 6.98. The van der Waals surface area contributed by atoms with Gasteiger partial charge < -0.3 is 16.4 Å². The van der Waals surface area contributed by atoms with Crippen LogP contribution < -0.4 is 16.4 Å². The number of nitrogens with two attached hydrogens (primary N) is 1. The highest BCUT2D eigenvalue weighted by Crippen LogP contribution is 2.23. The monoisotopic (exact) mass is 486 g/mol. The molecule has 3 rings (SSSR count). The van der Waals surface area contributed by atoms with Crippen LogP contribution >= 0.6 is 15.9 Å². The fraction of sp³-hybridized carbons (Fsp3) is 0.0500. The molecule has 2 amide bonds. The fourth-order valence-corrected chi connectivity index (χ4v) is 2.77. The summed E-state index contributed by atoms with van der Waals surface area (Å²) >= 11 is 3.07. The first-order valence-electron chi connectivity index (χ1n) is 8.80. The highest BCUT2D eigenvalue weighted by molar-refractivity contribution is 9.10. The van der Waals surface area contributed by atoms with Crippen LogP contribution in [0.25, 0.3) is 0 Å². The smallest absolute Gasteiger partial charge is 0.256 e. The minimum atomic E-state index is -0.476. The molecule has 158 valence electrons. The SMILES string of the molecule is C=CC(=O)NCc1ccc(C(=O)Nc2nonc2C(N)=Nc2ccc(F)c(Br)c2)cc1. The van der Waals surface area contributed by atoms with Crippen LogP contribution in [0.2, 0.25) is 0 Å². The van der Waals surface area contributed by atoms with Crippen molar-refractivity contribution in [2.24, 2.45) is 10.7 Å². The number of amides is 2. The van der Waals surface area contributed by atoms with E-state index in [0.717, 1.165) is 5.56 Å². The van der Waals surface area contributed by atoms with Crippen LogP contribution in [0.4, 0.5) is 15.9 Å². The van der Waals surface area contributed by atoms with E-state index >= 15 is 0 Å². The summed E-state index contributed by atoms with van der Waals surface area (Å²) in [6.07, 6.45) is 1.18. The maximum Gasteiger partial charge on any atom is 0.256 e. The molecular weight excluding hydrogens is 471 g/mol. The van der Waals surface area contributed by atoms with E-state index in [-0.39, 0.29) is 27.7 Å². The summed E-state index contributed by atoms with van der Waals surface area (Å²) in [5.41, 5.74) is 7.48. The number of benzene rings is 2. The van der Waals surface area contributed by atoms with Gasteiger partial charge in [-0.15, -0.1) is 0 Å². The lowest BCUT2D eigenvalue weighted by Gasteiger charge is -2.06. The van der Waals surface area contributed by atoms with Crippen molar-refractivity contribution >= 4 is 45.1 Å². The van der Waals surface area contributed by atoms with Crippen molar-refractivity contribution in [1.82, 2.24) is 15.6 Å². The van der Waals surface area contributed by atoms with Gasteiger partial charge in [-0.2, -0.15) is 0 Å². The molecule has 0 aliphatic carbocycles. The third kappa shape index (κ3) is 5.60. The maximum absolute atomic E-state index is 13.4. The van der Waals surface area contributed by atoms with Gasteiger partial charge in [-0.25, -0.2) is 14.0 Å². The van der Waals surface area contributed by atoms with E-state index in [2.05, 4.69) is 53.1 Å². The van der Waals surface area contributed by atoms with Gasteiger partial charge in [-0.05, 0) is 68.2 Å². The highest BCUT2D eigenvalue weighted by atomic mass is 79.9. The molecule has 0 saturated carbocycles. The number of rotatable bonds is 7. The molecule has 0 fully saturated rings. The summed E-state index contributed by atoms with van der Waals surface area (Å²) in [4.78, 5) is 27.9. The molecule has 31 heavy (non-hydrogen) atoms. The van der Waals surface area contributed by atoms with Crippen molar-refractivity contribution < 1.29 is 18.6 Å². The van der Waals surface area contributed by atoms with Gasteiger partial charge in [0.1, 0.15) is 5.82 Å². The molecule has 3 aromatic rings. The van der Waals surface area contributed by atoms with Gasteiger partial charge in [0.2, 0.25) is 11.7 Å². The molecule has 0 atom stereocenters. The lowest BCUT2D eigenvalue weighted by atomic mass is 10.1. The van der Waals surface area contributed by atoms with Gasteiger partial charge >= 0.3 is 0 Å². The first kappa shape index (κ1) is 21.8. The number of nitrogens with one attached hydrogen (secondary N) is 2. The molecule has 0 saturated heterocycles. The Kier molecular flexibility index (Phi) is 6.88. The normalized spacial score (nSPS) is 11.1. The van der Waals surface area contributed by atoms with Crippen molar-refractivity contribution in [1.29, 1.82) is 0 Å². The molecule has 11 heteroatoms. The quantitative estimate of drug-likeness (QED) is 0.266. The summed E-state index contributed by atoms with van der Waals surface area (Å²) in [5.74, 6) is -1.31. The zero-order valence-corrected chi connectivity index (χ0v) is 17.5. The number of amidine groups is 1. The molecule has 0 spiro atoms. The summed E-state index contributed by atoms with van der Waals surface area (Å²) in [6, 6.07) is 10.7. The van der Waals surface area contributed by atoms with E-state index in [4.69, 9.17) is 5.73 Å². The van der Waals surface area contributed by atoms with Crippen LogP contribution in [-0.2, 0) is 11.3 Å². The van der Waals surface area contributed by atoms with E-state index in [1.165, 1.54) is 24.3 Å². The van der Waals surface area contributed by atoms with Crippen molar-refractivity contribution in [2.75, 3.05) is 5.32 Å². The lowest BCUT2D eigenvalue weighted by Crippen LogP contribution is -2.20. The van der Waals surface area contributed by atoms with Gasteiger partial charge in [-0.3, -0.25) is 9.59 Å². The van der Waals surface area contributed by atoms with Gasteiger partial charge in [0.15, 0.2) is 11.5 Å². The zero-order valence-electron chi connectivity index (χ0n) is 15.9. The minimum absolute atomic E-state index is 0.0187. The predicted octanol–water partition coefficient (Wildman–Crippen LogP) is 3.06. The van der Waals surface area contributed by atoms with Crippen LogP contribution in [0.1, 0.15) is 21.6 Å². The molecule has 0 unspecified atom stereocenters. The Morgan fingerprint density at radius 3 is 2.65 bits per heavy atom. The Balaban J connectivity index is 1.71. The summed E-state index contributed by atoms with van der Waals surface area (Å²) in [6.45, 7) is 3.68. The Morgan fingerprint density at radius 2 is 1.97 bits per heavy atom. The van der Waals surface area contributed by atoms with Gasteiger partial charge in [0.25, 0.3) is 5.91 Å². The van der Waals surface area contributed by atoms with E-state index in [9.17, 15) is 14.0 Å². The molecule has 4 N–H and O–H groups in total. The van der Waals surface area contributed by atoms with Crippen LogP contribution in [0.3, 0.4) is 0 Å². The summed E-state index contributed by atoms with van der Waals surface area (Å²) in [7, 11) is 0. The number of carbonyl (C=O) groups is 2. The predicted molar refractivity (Wildman–Crippen MR) is 115 cm³/mol. The molecule has 0 aliphatic heterocycles. The number of nitrogens with zero attached hydrogens (tertiary/aromatic N) is 3. The van der Waals surface area contributed by atoms with Crippen LogP contribution in [0.5, 0.6) is 0 Å². The third-order valence-electron chi connectivity index (χ3n) is 3.98. The van der Waals surface area contributed by atoms with E-state index < -0.39 is 11.7 Å². The highest BCUT2D eigenvalue weighted by Gasteiger charge is 2.18. The van der Waals surface area contributed by atoms with Gasteiger partial charge in [0, 0.05) is 12.1 Å². The average molecular weight is 487 g/mol. The van der Waals surface area contributed by atoms with E-state index in [1.54, 1.807) is 24.3 Å². The molecule has 1 aromatic heterocycles. The molecule has 9 nitrogen and oxygen atoms in total. The zero-order chi connectivity index (χ0) is 22.4. The number of anilines is 1. The number of hydrogen-bond acceptors (Lipinski definition) is 6. The largest absolute Gasteiger partial charge is 0.382 e. The standard InChI is InChI=1S/C20H16BrFN6O3/c1-2-16(29)24-10-11-3-5-12(6-4-11)20(30)26-19-17(27-31-28-19)18(23)25-13-7-8-15(22)14(21)9-13/h2-9H,1,10H2,(H2,23,25)(H,24,29)(H,26,28,30). The first-order chi connectivity index (χ1) is 14.9. The molecule has 0 bridgehead atoms. The Labute approximate surface area is 184 Å². The number of hydrogen-bond donors (Lipinski definition) is 3. The summed E-state index contributed by atoms with van der Waals surface area (Å²) < 4.78 is 18.3. The minimum Gasteiger partial charge on any atom is -0.382 e.